The van der Waals surface area contributed by atoms with Crippen LogP contribution in [0.3, 0.4) is 0 Å². The highest BCUT2D eigenvalue weighted by Gasteiger charge is 2.13. The SMILES string of the molecule is C#Cc1cccc(C=O)c1.C#Cc1cccc(CN2CCN(C)CC2)c1.CN1CCNCC1. The molecule has 174 valence electrons. The molecule has 0 atom stereocenters. The molecular formula is C28H36N4O. The molecule has 0 saturated carbocycles. The van der Waals surface area contributed by atoms with Gasteiger partial charge in [-0.1, -0.05) is 36.1 Å². The first-order valence-corrected chi connectivity index (χ1v) is 11.4. The van der Waals surface area contributed by atoms with Crippen molar-refractivity contribution < 1.29 is 4.79 Å². The van der Waals surface area contributed by atoms with Crippen LogP contribution in [0.1, 0.15) is 27.0 Å². The summed E-state index contributed by atoms with van der Waals surface area (Å²) in [6.45, 7) is 10.4. The van der Waals surface area contributed by atoms with Gasteiger partial charge >= 0.3 is 0 Å². The number of rotatable bonds is 3. The van der Waals surface area contributed by atoms with Crippen LogP contribution in [0.2, 0.25) is 0 Å². The zero-order chi connectivity index (χ0) is 23.9. The van der Waals surface area contributed by atoms with Crippen molar-refractivity contribution in [2.75, 3.05) is 66.5 Å². The normalized spacial score (nSPS) is 16.7. The summed E-state index contributed by atoms with van der Waals surface area (Å²) < 4.78 is 0. The molecule has 0 aromatic heterocycles. The third-order valence-corrected chi connectivity index (χ3v) is 5.63. The summed E-state index contributed by atoms with van der Waals surface area (Å²) in [5, 5.41) is 3.27. The molecule has 0 radical (unpaired) electrons. The maximum atomic E-state index is 10.2. The zero-order valence-electron chi connectivity index (χ0n) is 20.0. The van der Waals surface area contributed by atoms with Crippen molar-refractivity contribution >= 4 is 6.29 Å². The van der Waals surface area contributed by atoms with Gasteiger partial charge in [0.1, 0.15) is 6.29 Å². The highest BCUT2D eigenvalue weighted by molar-refractivity contribution is 5.75. The van der Waals surface area contributed by atoms with Crippen molar-refractivity contribution in [3.05, 3.63) is 70.8 Å². The van der Waals surface area contributed by atoms with E-state index in [0.29, 0.717) is 5.56 Å². The number of carbonyl (C=O) groups is 1. The molecule has 5 heteroatoms. The Hall–Kier alpha value is -2.93. The van der Waals surface area contributed by atoms with Crippen molar-refractivity contribution in [3.63, 3.8) is 0 Å². The highest BCUT2D eigenvalue weighted by Crippen LogP contribution is 2.09. The van der Waals surface area contributed by atoms with Crippen LogP contribution in [0.5, 0.6) is 0 Å². The van der Waals surface area contributed by atoms with Crippen LogP contribution in [0.15, 0.2) is 48.5 Å². The van der Waals surface area contributed by atoms with E-state index >= 15 is 0 Å². The molecule has 0 spiro atoms. The van der Waals surface area contributed by atoms with Crippen LogP contribution in [0, 0.1) is 24.7 Å². The minimum Gasteiger partial charge on any atom is -0.314 e. The smallest absolute Gasteiger partial charge is 0.150 e. The van der Waals surface area contributed by atoms with Crippen LogP contribution in [-0.4, -0.2) is 87.4 Å². The van der Waals surface area contributed by atoms with E-state index in [1.807, 2.05) is 12.1 Å². The lowest BCUT2D eigenvalue weighted by atomic mass is 10.1. The van der Waals surface area contributed by atoms with Crippen LogP contribution in [0.25, 0.3) is 0 Å². The Bertz CT molecular complexity index is 929. The third kappa shape index (κ3) is 10.5. The van der Waals surface area contributed by atoms with Crippen molar-refractivity contribution in [2.24, 2.45) is 0 Å². The Morgan fingerprint density at radius 1 is 0.848 bits per heavy atom. The van der Waals surface area contributed by atoms with Gasteiger partial charge in [0.05, 0.1) is 0 Å². The Balaban J connectivity index is 0.000000193. The van der Waals surface area contributed by atoms with Gasteiger partial charge in [-0.25, -0.2) is 0 Å². The first kappa shape index (κ1) is 26.3. The minimum atomic E-state index is 0.621. The Morgan fingerprint density at radius 3 is 1.97 bits per heavy atom. The van der Waals surface area contributed by atoms with Crippen LogP contribution in [0.4, 0.5) is 0 Å². The van der Waals surface area contributed by atoms with E-state index in [9.17, 15) is 4.79 Å². The van der Waals surface area contributed by atoms with Crippen LogP contribution >= 0.6 is 0 Å². The first-order chi connectivity index (χ1) is 16.0. The molecule has 2 aromatic rings. The third-order valence-electron chi connectivity index (χ3n) is 5.63. The molecule has 0 aliphatic carbocycles. The number of piperazine rings is 2. The van der Waals surface area contributed by atoms with E-state index in [1.165, 1.54) is 18.7 Å². The topological polar surface area (TPSA) is 38.8 Å². The monoisotopic (exact) mass is 444 g/mol. The molecule has 0 unspecified atom stereocenters. The quantitative estimate of drug-likeness (QED) is 0.582. The molecular weight excluding hydrogens is 408 g/mol. The predicted molar refractivity (Wildman–Crippen MR) is 137 cm³/mol. The Kier molecular flexibility index (Phi) is 12.0. The minimum absolute atomic E-state index is 0.621. The fourth-order valence-corrected chi connectivity index (χ4v) is 3.50. The summed E-state index contributed by atoms with van der Waals surface area (Å²) in [5.74, 6) is 5.13. The van der Waals surface area contributed by atoms with Crippen molar-refractivity contribution in [1.82, 2.24) is 20.0 Å². The van der Waals surface area contributed by atoms with Gasteiger partial charge in [-0.05, 0) is 43.9 Å². The fourth-order valence-electron chi connectivity index (χ4n) is 3.50. The van der Waals surface area contributed by atoms with E-state index in [1.54, 1.807) is 24.3 Å². The van der Waals surface area contributed by atoms with Gasteiger partial charge in [-0.15, -0.1) is 12.8 Å². The van der Waals surface area contributed by atoms with Gasteiger partial charge in [0.25, 0.3) is 0 Å². The first-order valence-electron chi connectivity index (χ1n) is 11.4. The second-order valence-corrected chi connectivity index (χ2v) is 8.37. The van der Waals surface area contributed by atoms with Crippen LogP contribution in [-0.2, 0) is 6.54 Å². The molecule has 2 aromatic carbocycles. The van der Waals surface area contributed by atoms with Gasteiger partial charge in [0, 0.05) is 75.6 Å². The Labute approximate surface area is 199 Å². The average molecular weight is 445 g/mol. The van der Waals surface area contributed by atoms with Crippen molar-refractivity contribution in [1.29, 1.82) is 0 Å². The molecule has 2 heterocycles. The lowest BCUT2D eigenvalue weighted by Gasteiger charge is -2.32. The molecule has 33 heavy (non-hydrogen) atoms. The molecule has 5 nitrogen and oxygen atoms in total. The van der Waals surface area contributed by atoms with Crippen molar-refractivity contribution in [3.8, 4) is 24.7 Å². The second-order valence-electron chi connectivity index (χ2n) is 8.37. The number of likely N-dealkylation sites (N-methyl/N-ethyl adjacent to an activating group) is 2. The lowest BCUT2D eigenvalue weighted by molar-refractivity contribution is 0.112. The summed E-state index contributed by atoms with van der Waals surface area (Å²) in [6, 6.07) is 15.2. The van der Waals surface area contributed by atoms with Crippen LogP contribution < -0.4 is 5.32 Å². The molecule has 2 fully saturated rings. The number of nitrogens with zero attached hydrogens (tertiary/aromatic N) is 3. The molecule has 2 aliphatic heterocycles. The zero-order valence-corrected chi connectivity index (χ0v) is 20.0. The number of carbonyl (C=O) groups excluding carboxylic acids is 1. The summed E-state index contributed by atoms with van der Waals surface area (Å²) >= 11 is 0. The number of nitrogens with one attached hydrogen (secondary N) is 1. The summed E-state index contributed by atoms with van der Waals surface area (Å²) in [6.07, 6.45) is 11.3. The number of hydrogen-bond donors (Lipinski definition) is 1. The van der Waals surface area contributed by atoms with E-state index in [2.05, 4.69) is 58.1 Å². The standard InChI is InChI=1S/C14H18N2.C9H6O.C5H12N2/c1-3-13-5-4-6-14(11-13)12-16-9-7-15(2)8-10-16;1-2-8-4-3-5-9(6-8)7-10;1-7-4-2-6-3-5-7/h1,4-6,11H,7-10,12H2,2H3;1,3-7H;6H,2-5H2,1H3. The van der Waals surface area contributed by atoms with Gasteiger partial charge in [0.2, 0.25) is 0 Å². The van der Waals surface area contributed by atoms with E-state index in [-0.39, 0.29) is 0 Å². The lowest BCUT2D eigenvalue weighted by Crippen LogP contribution is -2.43. The van der Waals surface area contributed by atoms with E-state index < -0.39 is 0 Å². The summed E-state index contributed by atoms with van der Waals surface area (Å²) in [7, 11) is 4.33. The number of benzene rings is 2. The molecule has 2 aliphatic rings. The molecule has 2 saturated heterocycles. The molecule has 0 bridgehead atoms. The van der Waals surface area contributed by atoms with Gasteiger partial charge < -0.3 is 15.1 Å². The van der Waals surface area contributed by atoms with E-state index in [4.69, 9.17) is 12.8 Å². The summed E-state index contributed by atoms with van der Waals surface area (Å²) in [4.78, 5) is 17.4. The number of terminal acetylenes is 2. The Morgan fingerprint density at radius 2 is 1.42 bits per heavy atom. The fraction of sp³-hybridized carbons (Fsp3) is 0.393. The number of hydrogen-bond acceptors (Lipinski definition) is 5. The second kappa shape index (κ2) is 15.0. The average Bonchev–Trinajstić information content (AvgIpc) is 2.87. The maximum Gasteiger partial charge on any atom is 0.150 e. The largest absolute Gasteiger partial charge is 0.314 e. The van der Waals surface area contributed by atoms with Gasteiger partial charge in [-0.2, -0.15) is 0 Å². The highest BCUT2D eigenvalue weighted by atomic mass is 16.1. The van der Waals surface area contributed by atoms with Gasteiger partial charge in [-0.3, -0.25) is 9.69 Å². The predicted octanol–water partition coefficient (Wildman–Crippen LogP) is 2.42. The maximum absolute atomic E-state index is 10.2. The molecule has 4 rings (SSSR count). The number of aldehydes is 1. The van der Waals surface area contributed by atoms with Crippen molar-refractivity contribution in [2.45, 2.75) is 6.54 Å². The van der Waals surface area contributed by atoms with E-state index in [0.717, 1.165) is 63.2 Å². The summed E-state index contributed by atoms with van der Waals surface area (Å²) in [5.41, 5.74) is 3.66. The molecule has 0 amide bonds. The van der Waals surface area contributed by atoms with Gasteiger partial charge in [0.15, 0.2) is 0 Å². The molecule has 1 N–H and O–H groups in total.